The zero-order chi connectivity index (χ0) is 19.1. The average Bonchev–Trinajstić information content (AvgIpc) is 3.13. The predicted octanol–water partition coefficient (Wildman–Crippen LogP) is 4.58. The molecule has 2 aliphatic heterocycles. The molecule has 0 N–H and O–H groups in total. The first-order valence-electron chi connectivity index (χ1n) is 8.47. The van der Waals surface area contributed by atoms with Crippen LogP contribution in [0.25, 0.3) is 0 Å². The van der Waals surface area contributed by atoms with Gasteiger partial charge in [0.05, 0.1) is 11.6 Å². The largest absolute Gasteiger partial charge is 0.375 e. The van der Waals surface area contributed by atoms with Crippen LogP contribution in [0.5, 0.6) is 0 Å². The second-order valence-electron chi connectivity index (χ2n) is 6.61. The summed E-state index contributed by atoms with van der Waals surface area (Å²) in [6.45, 7) is 1.23. The van der Waals surface area contributed by atoms with E-state index in [0.717, 1.165) is 18.5 Å². The van der Waals surface area contributed by atoms with Gasteiger partial charge in [0.1, 0.15) is 0 Å². The molecule has 4 rings (SSSR count). The Balaban J connectivity index is 1.50. The van der Waals surface area contributed by atoms with E-state index in [-0.39, 0.29) is 11.8 Å². The molecule has 2 aromatic carbocycles. The molecule has 0 radical (unpaired) electrons. The van der Waals surface area contributed by atoms with Crippen molar-refractivity contribution in [3.63, 3.8) is 0 Å². The third-order valence-corrected chi connectivity index (χ3v) is 5.48. The average molecular weight is 422 g/mol. The van der Waals surface area contributed by atoms with Crippen molar-refractivity contribution in [3.05, 3.63) is 74.9 Å². The van der Waals surface area contributed by atoms with Crippen molar-refractivity contribution in [2.45, 2.75) is 6.42 Å². The van der Waals surface area contributed by atoms with Crippen LogP contribution >= 0.6 is 34.8 Å². The van der Waals surface area contributed by atoms with Crippen molar-refractivity contribution < 1.29 is 9.59 Å². The zero-order valence-electron chi connectivity index (χ0n) is 14.2. The molecule has 1 unspecified atom stereocenters. The highest BCUT2D eigenvalue weighted by Gasteiger charge is 2.47. The maximum absolute atomic E-state index is 12.8. The molecule has 0 spiro atoms. The van der Waals surface area contributed by atoms with Gasteiger partial charge in [-0.3, -0.25) is 9.59 Å². The Morgan fingerprint density at radius 3 is 2.22 bits per heavy atom. The molecular formula is C20H15Cl3N2O2. The lowest BCUT2D eigenvalue weighted by Gasteiger charge is -2.20. The summed E-state index contributed by atoms with van der Waals surface area (Å²) in [4.78, 5) is 28.8. The molecule has 2 amide bonds. The van der Waals surface area contributed by atoms with Gasteiger partial charge in [-0.2, -0.15) is 0 Å². The van der Waals surface area contributed by atoms with Crippen LogP contribution in [0.1, 0.15) is 5.56 Å². The fourth-order valence-electron chi connectivity index (χ4n) is 3.47. The summed E-state index contributed by atoms with van der Waals surface area (Å²) in [6, 6.07) is 12.4. The molecule has 2 heterocycles. The third-order valence-electron chi connectivity index (χ3n) is 4.79. The van der Waals surface area contributed by atoms with Gasteiger partial charge >= 0.3 is 0 Å². The molecule has 2 aromatic rings. The number of anilines is 1. The van der Waals surface area contributed by atoms with Crippen LogP contribution in [0, 0.1) is 5.92 Å². The first-order valence-corrected chi connectivity index (χ1v) is 9.60. The van der Waals surface area contributed by atoms with Crippen molar-refractivity contribution >= 4 is 52.3 Å². The van der Waals surface area contributed by atoms with E-state index in [9.17, 15) is 9.59 Å². The van der Waals surface area contributed by atoms with Gasteiger partial charge in [-0.1, -0.05) is 46.9 Å². The molecule has 1 saturated heterocycles. The topological polar surface area (TPSA) is 40.6 Å². The standard InChI is InChI=1S/C20H15Cl3N2O2/c21-13-3-1-12(2-4-13)5-6-24-10-17-18(11-24)20(27)25(19(17)26)16-8-14(22)7-15(23)9-16/h1-4,7-10,18H,5-6,11H2. The third kappa shape index (κ3) is 3.57. The van der Waals surface area contributed by atoms with E-state index in [1.54, 1.807) is 24.4 Å². The molecule has 4 nitrogen and oxygen atoms in total. The Morgan fingerprint density at radius 1 is 0.926 bits per heavy atom. The number of nitrogens with zero attached hydrogens (tertiary/aromatic N) is 2. The Hall–Kier alpha value is -2.01. The fourth-order valence-corrected chi connectivity index (χ4v) is 4.11. The Morgan fingerprint density at radius 2 is 1.59 bits per heavy atom. The number of amides is 2. The van der Waals surface area contributed by atoms with Gasteiger partial charge < -0.3 is 4.90 Å². The van der Waals surface area contributed by atoms with E-state index in [1.165, 1.54) is 4.90 Å². The summed E-state index contributed by atoms with van der Waals surface area (Å²) >= 11 is 17.9. The highest BCUT2D eigenvalue weighted by atomic mass is 35.5. The lowest BCUT2D eigenvalue weighted by Crippen LogP contribution is -2.34. The van der Waals surface area contributed by atoms with E-state index < -0.39 is 5.92 Å². The smallest absolute Gasteiger partial charge is 0.263 e. The van der Waals surface area contributed by atoms with Gasteiger partial charge in [0.2, 0.25) is 5.91 Å². The summed E-state index contributed by atoms with van der Waals surface area (Å²) in [7, 11) is 0. The summed E-state index contributed by atoms with van der Waals surface area (Å²) in [5.74, 6) is -0.989. The molecule has 0 bridgehead atoms. The first kappa shape index (κ1) is 18.4. The molecule has 138 valence electrons. The van der Waals surface area contributed by atoms with Gasteiger partial charge in [-0.15, -0.1) is 0 Å². The summed E-state index contributed by atoms with van der Waals surface area (Å²) in [6.07, 6.45) is 2.61. The molecule has 1 fully saturated rings. The number of rotatable bonds is 4. The molecule has 7 heteroatoms. The Labute approximate surface area is 171 Å². The van der Waals surface area contributed by atoms with E-state index in [4.69, 9.17) is 34.8 Å². The maximum atomic E-state index is 12.8. The zero-order valence-corrected chi connectivity index (χ0v) is 16.4. The number of halogens is 3. The van der Waals surface area contributed by atoms with Gasteiger partial charge in [0.25, 0.3) is 5.91 Å². The number of carbonyl (C=O) groups is 2. The predicted molar refractivity (Wildman–Crippen MR) is 107 cm³/mol. The maximum Gasteiger partial charge on any atom is 0.263 e. The van der Waals surface area contributed by atoms with E-state index in [1.807, 2.05) is 29.2 Å². The van der Waals surface area contributed by atoms with E-state index in [2.05, 4.69) is 0 Å². The van der Waals surface area contributed by atoms with Crippen molar-refractivity contribution in [1.29, 1.82) is 0 Å². The summed E-state index contributed by atoms with van der Waals surface area (Å²) in [5.41, 5.74) is 2.08. The second-order valence-corrected chi connectivity index (χ2v) is 7.92. The normalized spacial score (nSPS) is 18.9. The van der Waals surface area contributed by atoms with Gasteiger partial charge in [0.15, 0.2) is 0 Å². The van der Waals surface area contributed by atoms with Crippen LogP contribution in [-0.2, 0) is 16.0 Å². The molecule has 0 aliphatic carbocycles. The fraction of sp³-hybridized carbons (Fsp3) is 0.200. The monoisotopic (exact) mass is 420 g/mol. The number of hydrogen-bond acceptors (Lipinski definition) is 3. The van der Waals surface area contributed by atoms with Gasteiger partial charge in [0, 0.05) is 39.9 Å². The van der Waals surface area contributed by atoms with Crippen LogP contribution in [-0.4, -0.2) is 29.8 Å². The molecule has 27 heavy (non-hydrogen) atoms. The SMILES string of the molecule is O=C1C2=CN(CCc3ccc(Cl)cc3)CC2C(=O)N1c1cc(Cl)cc(Cl)c1. The van der Waals surface area contributed by atoms with Crippen molar-refractivity contribution in [2.24, 2.45) is 5.92 Å². The lowest BCUT2D eigenvalue weighted by molar-refractivity contribution is -0.122. The number of fused-ring (bicyclic) bond motifs is 1. The number of benzene rings is 2. The van der Waals surface area contributed by atoms with Crippen molar-refractivity contribution in [2.75, 3.05) is 18.0 Å². The van der Waals surface area contributed by atoms with Crippen LogP contribution in [0.15, 0.2) is 54.2 Å². The Bertz CT molecular complexity index is 936. The van der Waals surface area contributed by atoms with Crippen LogP contribution in [0.2, 0.25) is 15.1 Å². The number of hydrogen-bond donors (Lipinski definition) is 0. The molecule has 0 aromatic heterocycles. The minimum atomic E-state index is -0.444. The highest BCUT2D eigenvalue weighted by molar-refractivity contribution is 6.36. The van der Waals surface area contributed by atoms with Crippen molar-refractivity contribution in [3.8, 4) is 0 Å². The number of imide groups is 1. The van der Waals surface area contributed by atoms with Gasteiger partial charge in [-0.25, -0.2) is 4.90 Å². The molecule has 1 atom stereocenters. The van der Waals surface area contributed by atoms with Crippen LogP contribution in [0.4, 0.5) is 5.69 Å². The molecular weight excluding hydrogens is 407 g/mol. The second kappa shape index (κ2) is 7.19. The van der Waals surface area contributed by atoms with E-state index in [0.29, 0.717) is 32.9 Å². The first-order chi connectivity index (χ1) is 12.9. The van der Waals surface area contributed by atoms with Crippen LogP contribution in [0.3, 0.4) is 0 Å². The lowest BCUT2D eigenvalue weighted by atomic mass is 10.1. The van der Waals surface area contributed by atoms with Gasteiger partial charge in [-0.05, 0) is 42.3 Å². The van der Waals surface area contributed by atoms with Crippen molar-refractivity contribution in [1.82, 2.24) is 4.90 Å². The summed E-state index contributed by atoms with van der Waals surface area (Å²) < 4.78 is 0. The quantitative estimate of drug-likeness (QED) is 0.679. The molecule has 0 saturated carbocycles. The summed E-state index contributed by atoms with van der Waals surface area (Å²) in [5, 5.41) is 1.47. The number of carbonyl (C=O) groups excluding carboxylic acids is 2. The van der Waals surface area contributed by atoms with E-state index >= 15 is 0 Å². The van der Waals surface area contributed by atoms with Crippen LogP contribution < -0.4 is 4.90 Å². The minimum Gasteiger partial charge on any atom is -0.375 e. The molecule has 2 aliphatic rings. The highest BCUT2D eigenvalue weighted by Crippen LogP contribution is 2.37. The minimum absolute atomic E-state index is 0.237. The Kier molecular flexibility index (Phi) is 4.89.